The number of phenols is 2. The molecule has 1 rings (SSSR count). The lowest BCUT2D eigenvalue weighted by molar-refractivity contribution is -0.125. The highest BCUT2D eigenvalue weighted by atomic mass is 19.4. The SMILES string of the molecule is O=C(/C=C/CC(F)(F)F)c1ccc(O)cc1O. The van der Waals surface area contributed by atoms with Crippen molar-refractivity contribution in [3.05, 3.63) is 35.9 Å². The second kappa shape index (κ2) is 4.90. The molecule has 92 valence electrons. The van der Waals surface area contributed by atoms with Crippen LogP contribution >= 0.6 is 0 Å². The maximum Gasteiger partial charge on any atom is 0.392 e. The maximum absolute atomic E-state index is 11.8. The number of rotatable bonds is 3. The first-order valence-electron chi connectivity index (χ1n) is 4.59. The fraction of sp³-hybridized carbons (Fsp3) is 0.182. The van der Waals surface area contributed by atoms with Gasteiger partial charge in [-0.15, -0.1) is 0 Å². The van der Waals surface area contributed by atoms with Crippen LogP contribution in [0.2, 0.25) is 0 Å². The van der Waals surface area contributed by atoms with Gasteiger partial charge in [0.2, 0.25) is 0 Å². The number of hydrogen-bond donors (Lipinski definition) is 2. The number of benzene rings is 1. The van der Waals surface area contributed by atoms with Gasteiger partial charge in [-0.1, -0.05) is 6.08 Å². The second-order valence-electron chi connectivity index (χ2n) is 3.29. The van der Waals surface area contributed by atoms with Crippen molar-refractivity contribution in [3.63, 3.8) is 0 Å². The van der Waals surface area contributed by atoms with Gasteiger partial charge in [0.1, 0.15) is 11.5 Å². The van der Waals surface area contributed by atoms with Crippen molar-refractivity contribution in [2.45, 2.75) is 12.6 Å². The van der Waals surface area contributed by atoms with E-state index in [-0.39, 0.29) is 11.3 Å². The molecular formula is C11H9F3O3. The molecule has 0 atom stereocenters. The van der Waals surface area contributed by atoms with Crippen LogP contribution in [0.1, 0.15) is 16.8 Å². The van der Waals surface area contributed by atoms with E-state index in [1.807, 2.05) is 0 Å². The Hall–Kier alpha value is -1.98. The molecule has 6 heteroatoms. The molecule has 0 amide bonds. The van der Waals surface area contributed by atoms with Gasteiger partial charge in [-0.2, -0.15) is 13.2 Å². The lowest BCUT2D eigenvalue weighted by Crippen LogP contribution is -2.05. The molecular weight excluding hydrogens is 237 g/mol. The molecule has 0 aromatic heterocycles. The molecule has 0 aliphatic heterocycles. The van der Waals surface area contributed by atoms with Gasteiger partial charge in [0.15, 0.2) is 5.78 Å². The van der Waals surface area contributed by atoms with Crippen LogP contribution in [-0.2, 0) is 0 Å². The Morgan fingerprint density at radius 2 is 1.94 bits per heavy atom. The number of phenolic OH excluding ortho intramolecular Hbond substituents is 2. The lowest BCUT2D eigenvalue weighted by atomic mass is 10.1. The van der Waals surface area contributed by atoms with Crippen LogP contribution in [0.3, 0.4) is 0 Å². The van der Waals surface area contributed by atoms with Gasteiger partial charge in [-0.25, -0.2) is 0 Å². The Kier molecular flexibility index (Phi) is 3.77. The summed E-state index contributed by atoms with van der Waals surface area (Å²) >= 11 is 0. The topological polar surface area (TPSA) is 57.5 Å². The Morgan fingerprint density at radius 3 is 2.47 bits per heavy atom. The highest BCUT2D eigenvalue weighted by Gasteiger charge is 2.24. The van der Waals surface area contributed by atoms with E-state index in [4.69, 9.17) is 5.11 Å². The number of aromatic hydroxyl groups is 2. The zero-order valence-electron chi connectivity index (χ0n) is 8.53. The van der Waals surface area contributed by atoms with Gasteiger partial charge in [-0.05, 0) is 18.2 Å². The monoisotopic (exact) mass is 246 g/mol. The molecule has 0 radical (unpaired) electrons. The third-order valence-electron chi connectivity index (χ3n) is 1.87. The molecule has 2 N–H and O–H groups in total. The fourth-order valence-electron chi connectivity index (χ4n) is 1.12. The molecule has 17 heavy (non-hydrogen) atoms. The van der Waals surface area contributed by atoms with Crippen molar-refractivity contribution in [2.24, 2.45) is 0 Å². The highest BCUT2D eigenvalue weighted by molar-refractivity contribution is 6.06. The van der Waals surface area contributed by atoms with Crippen molar-refractivity contribution >= 4 is 5.78 Å². The molecule has 0 spiro atoms. The molecule has 0 aliphatic carbocycles. The Morgan fingerprint density at radius 1 is 1.29 bits per heavy atom. The quantitative estimate of drug-likeness (QED) is 0.636. The van der Waals surface area contributed by atoms with E-state index >= 15 is 0 Å². The zero-order valence-corrected chi connectivity index (χ0v) is 8.53. The number of hydrogen-bond acceptors (Lipinski definition) is 3. The van der Waals surface area contributed by atoms with Crippen LogP contribution in [0.5, 0.6) is 11.5 Å². The number of carbonyl (C=O) groups is 1. The number of allylic oxidation sites excluding steroid dienone is 2. The van der Waals surface area contributed by atoms with Crippen LogP contribution in [0.15, 0.2) is 30.4 Å². The smallest absolute Gasteiger partial charge is 0.392 e. The zero-order chi connectivity index (χ0) is 13.1. The lowest BCUT2D eigenvalue weighted by Gasteiger charge is -2.02. The van der Waals surface area contributed by atoms with Gasteiger partial charge in [0.25, 0.3) is 0 Å². The highest BCUT2D eigenvalue weighted by Crippen LogP contribution is 2.24. The molecule has 0 fully saturated rings. The first kappa shape index (κ1) is 13.1. The van der Waals surface area contributed by atoms with Crippen molar-refractivity contribution in [1.29, 1.82) is 0 Å². The number of ketones is 1. The Bertz CT molecular complexity index is 450. The average molecular weight is 246 g/mol. The molecule has 0 saturated heterocycles. The third-order valence-corrected chi connectivity index (χ3v) is 1.87. The summed E-state index contributed by atoms with van der Waals surface area (Å²) in [4.78, 5) is 11.4. The van der Waals surface area contributed by atoms with Gasteiger partial charge >= 0.3 is 6.18 Å². The van der Waals surface area contributed by atoms with Gasteiger partial charge in [0, 0.05) is 6.07 Å². The predicted octanol–water partition coefficient (Wildman–Crippen LogP) is 2.79. The summed E-state index contributed by atoms with van der Waals surface area (Å²) in [5.74, 6) is -1.48. The van der Waals surface area contributed by atoms with Crippen molar-refractivity contribution in [1.82, 2.24) is 0 Å². The van der Waals surface area contributed by atoms with Gasteiger partial charge in [0.05, 0.1) is 12.0 Å². The second-order valence-corrected chi connectivity index (χ2v) is 3.29. The summed E-state index contributed by atoms with van der Waals surface area (Å²) < 4.78 is 35.4. The number of halogens is 3. The van der Waals surface area contributed by atoms with Crippen molar-refractivity contribution in [2.75, 3.05) is 0 Å². The van der Waals surface area contributed by atoms with Crippen molar-refractivity contribution < 1.29 is 28.2 Å². The average Bonchev–Trinajstić information content (AvgIpc) is 2.15. The number of carbonyl (C=O) groups excluding carboxylic acids is 1. The normalized spacial score (nSPS) is 11.9. The molecule has 0 heterocycles. The van der Waals surface area contributed by atoms with Crippen LogP contribution in [0.4, 0.5) is 13.2 Å². The molecule has 0 aliphatic rings. The largest absolute Gasteiger partial charge is 0.508 e. The molecule has 1 aromatic rings. The van der Waals surface area contributed by atoms with E-state index in [0.29, 0.717) is 6.08 Å². The summed E-state index contributed by atoms with van der Waals surface area (Å²) in [6, 6.07) is 3.22. The van der Waals surface area contributed by atoms with E-state index in [1.165, 1.54) is 0 Å². The minimum absolute atomic E-state index is 0.166. The van der Waals surface area contributed by atoms with E-state index in [0.717, 1.165) is 24.3 Å². The minimum Gasteiger partial charge on any atom is -0.508 e. The standard InChI is InChI=1S/C11H9F3O3/c12-11(13,14)5-1-2-9(16)8-4-3-7(15)6-10(8)17/h1-4,6,15,17H,5H2/b2-1+. The summed E-state index contributed by atoms with van der Waals surface area (Å²) in [6.45, 7) is 0. The van der Waals surface area contributed by atoms with E-state index < -0.39 is 24.1 Å². The Labute approximate surface area is 94.8 Å². The van der Waals surface area contributed by atoms with Gasteiger partial charge < -0.3 is 10.2 Å². The molecule has 3 nitrogen and oxygen atoms in total. The summed E-state index contributed by atoms with van der Waals surface area (Å²) in [5.41, 5.74) is -0.166. The van der Waals surface area contributed by atoms with Crippen LogP contribution in [0.25, 0.3) is 0 Å². The minimum atomic E-state index is -4.37. The molecule has 0 unspecified atom stereocenters. The predicted molar refractivity (Wildman–Crippen MR) is 53.9 cm³/mol. The summed E-state index contributed by atoms with van der Waals surface area (Å²) in [6.07, 6.45) is -4.17. The van der Waals surface area contributed by atoms with Crippen LogP contribution in [-0.4, -0.2) is 22.2 Å². The van der Waals surface area contributed by atoms with Gasteiger partial charge in [-0.3, -0.25) is 4.79 Å². The van der Waals surface area contributed by atoms with E-state index in [9.17, 15) is 23.1 Å². The first-order valence-corrected chi connectivity index (χ1v) is 4.59. The third kappa shape index (κ3) is 4.18. The van der Waals surface area contributed by atoms with Crippen molar-refractivity contribution in [3.8, 4) is 11.5 Å². The molecule has 0 saturated carbocycles. The summed E-state index contributed by atoms with van der Waals surface area (Å²) in [5, 5.41) is 18.2. The van der Waals surface area contributed by atoms with E-state index in [1.54, 1.807) is 0 Å². The number of alkyl halides is 3. The van der Waals surface area contributed by atoms with Crippen LogP contribution < -0.4 is 0 Å². The van der Waals surface area contributed by atoms with Crippen LogP contribution in [0, 0.1) is 0 Å². The Balaban J connectivity index is 2.77. The maximum atomic E-state index is 11.8. The molecule has 1 aromatic carbocycles. The molecule has 0 bridgehead atoms. The summed E-state index contributed by atoms with van der Waals surface area (Å²) in [7, 11) is 0. The fourth-order valence-corrected chi connectivity index (χ4v) is 1.12. The first-order chi connectivity index (χ1) is 7.79. The van der Waals surface area contributed by atoms with E-state index in [2.05, 4.69) is 0 Å².